The van der Waals surface area contributed by atoms with Gasteiger partial charge in [0.05, 0.1) is 0 Å². The summed E-state index contributed by atoms with van der Waals surface area (Å²) in [6, 6.07) is 0. The van der Waals surface area contributed by atoms with E-state index in [0.29, 0.717) is 18.9 Å². The van der Waals surface area contributed by atoms with Crippen molar-refractivity contribution in [1.29, 1.82) is 0 Å². The molecular formula is C8H9N5O. The van der Waals surface area contributed by atoms with Crippen molar-refractivity contribution in [2.45, 2.75) is 6.42 Å². The first-order valence-corrected chi connectivity index (χ1v) is 4.15. The fourth-order valence-corrected chi connectivity index (χ4v) is 1.40. The molecule has 3 N–H and O–H groups in total. The molecule has 2 heterocycles. The minimum Gasteiger partial charge on any atom is -0.368 e. The molecule has 72 valence electrons. The molecule has 1 fully saturated rings. The number of hydrogen-bond acceptors (Lipinski definition) is 4. The van der Waals surface area contributed by atoms with E-state index in [1.807, 2.05) is 0 Å². The van der Waals surface area contributed by atoms with E-state index in [1.165, 1.54) is 4.90 Å². The molecule has 1 aromatic heterocycles. The van der Waals surface area contributed by atoms with E-state index in [0.717, 1.165) is 0 Å². The summed E-state index contributed by atoms with van der Waals surface area (Å²) in [5, 5.41) is 6.26. The van der Waals surface area contributed by atoms with Crippen LogP contribution in [0, 0.1) is 18.3 Å². The molecule has 1 aliphatic heterocycles. The highest BCUT2D eigenvalue weighted by atomic mass is 16.2. The smallest absolute Gasteiger partial charge is 0.253 e. The van der Waals surface area contributed by atoms with Gasteiger partial charge in [0.1, 0.15) is 0 Å². The minimum atomic E-state index is -0.0630. The number of aromatic nitrogens is 3. The van der Waals surface area contributed by atoms with Crippen LogP contribution in [0.25, 0.3) is 0 Å². The lowest BCUT2D eigenvalue weighted by molar-refractivity contribution is -0.117. The number of nitrogen functional groups attached to an aromatic ring is 1. The van der Waals surface area contributed by atoms with Gasteiger partial charge in [-0.25, -0.2) is 5.10 Å². The van der Waals surface area contributed by atoms with Crippen molar-refractivity contribution < 1.29 is 4.79 Å². The zero-order valence-electron chi connectivity index (χ0n) is 7.40. The number of carbonyl (C=O) groups is 1. The molecule has 0 saturated carbocycles. The van der Waals surface area contributed by atoms with E-state index in [2.05, 4.69) is 21.1 Å². The molecular weight excluding hydrogens is 182 g/mol. The Morgan fingerprint density at radius 2 is 2.50 bits per heavy atom. The van der Waals surface area contributed by atoms with Crippen molar-refractivity contribution in [3.63, 3.8) is 0 Å². The van der Waals surface area contributed by atoms with Gasteiger partial charge >= 0.3 is 0 Å². The lowest BCUT2D eigenvalue weighted by Crippen LogP contribution is -2.25. The van der Waals surface area contributed by atoms with E-state index in [9.17, 15) is 4.79 Å². The Kier molecular flexibility index (Phi) is 1.85. The second kappa shape index (κ2) is 3.03. The highest BCUT2D eigenvalue weighted by Gasteiger charge is 2.31. The van der Waals surface area contributed by atoms with Crippen LogP contribution < -0.4 is 10.6 Å². The van der Waals surface area contributed by atoms with Crippen LogP contribution in [0.3, 0.4) is 0 Å². The second-order valence-corrected chi connectivity index (χ2v) is 3.09. The molecule has 14 heavy (non-hydrogen) atoms. The van der Waals surface area contributed by atoms with Crippen LogP contribution in [-0.2, 0) is 4.79 Å². The highest BCUT2D eigenvalue weighted by molar-refractivity contribution is 5.94. The maximum atomic E-state index is 11.4. The number of nitrogens with two attached hydrogens (primary N) is 1. The summed E-state index contributed by atoms with van der Waals surface area (Å²) in [6.07, 6.45) is 5.59. The van der Waals surface area contributed by atoms with Gasteiger partial charge in [-0.3, -0.25) is 9.69 Å². The summed E-state index contributed by atoms with van der Waals surface area (Å²) < 4.78 is 0. The molecule has 2 rings (SSSR count). The maximum absolute atomic E-state index is 11.4. The predicted octanol–water partition coefficient (Wildman–Crippen LogP) is -0.627. The number of terminal acetylenes is 1. The average Bonchev–Trinajstić information content (AvgIpc) is 2.71. The SMILES string of the molecule is C#CC1CC(=O)N(c2n[nH]c(N)n2)C1. The van der Waals surface area contributed by atoms with Crippen molar-refractivity contribution >= 4 is 17.8 Å². The Morgan fingerprint density at radius 1 is 1.71 bits per heavy atom. The summed E-state index contributed by atoms with van der Waals surface area (Å²) in [4.78, 5) is 16.8. The predicted molar refractivity (Wildman–Crippen MR) is 50.1 cm³/mol. The molecule has 1 aromatic rings. The summed E-state index contributed by atoms with van der Waals surface area (Å²) in [6.45, 7) is 0.465. The summed E-state index contributed by atoms with van der Waals surface area (Å²) >= 11 is 0. The van der Waals surface area contributed by atoms with E-state index in [1.54, 1.807) is 0 Å². The number of rotatable bonds is 1. The Hall–Kier alpha value is -2.03. The van der Waals surface area contributed by atoms with Gasteiger partial charge in [0.15, 0.2) is 0 Å². The van der Waals surface area contributed by atoms with Crippen molar-refractivity contribution in [1.82, 2.24) is 15.2 Å². The number of anilines is 2. The topological polar surface area (TPSA) is 87.9 Å². The molecule has 0 spiro atoms. The van der Waals surface area contributed by atoms with Gasteiger partial charge in [0.25, 0.3) is 5.95 Å². The Balaban J connectivity index is 2.21. The van der Waals surface area contributed by atoms with Crippen molar-refractivity contribution in [2.24, 2.45) is 5.92 Å². The molecule has 0 bridgehead atoms. The van der Waals surface area contributed by atoms with Crippen LogP contribution in [0.5, 0.6) is 0 Å². The number of carbonyl (C=O) groups excluding carboxylic acids is 1. The quantitative estimate of drug-likeness (QED) is 0.579. The summed E-state index contributed by atoms with van der Waals surface area (Å²) in [5.74, 6) is 2.91. The second-order valence-electron chi connectivity index (χ2n) is 3.09. The first kappa shape index (κ1) is 8.56. The first-order valence-electron chi connectivity index (χ1n) is 4.15. The third-order valence-corrected chi connectivity index (χ3v) is 2.09. The van der Waals surface area contributed by atoms with Crippen LogP contribution in [0.15, 0.2) is 0 Å². The molecule has 1 aliphatic rings. The zero-order chi connectivity index (χ0) is 10.1. The van der Waals surface area contributed by atoms with Crippen LogP contribution in [0.2, 0.25) is 0 Å². The summed E-state index contributed by atoms with van der Waals surface area (Å²) in [7, 11) is 0. The number of nitrogens with zero attached hydrogens (tertiary/aromatic N) is 3. The largest absolute Gasteiger partial charge is 0.368 e. The number of nitrogens with one attached hydrogen (secondary N) is 1. The fourth-order valence-electron chi connectivity index (χ4n) is 1.40. The number of aromatic amines is 1. The normalized spacial score (nSPS) is 21.2. The third kappa shape index (κ3) is 1.29. The molecule has 0 aliphatic carbocycles. The lowest BCUT2D eigenvalue weighted by atomic mass is 10.1. The molecule has 0 radical (unpaired) electrons. The van der Waals surface area contributed by atoms with Crippen molar-refractivity contribution in [2.75, 3.05) is 17.2 Å². The Bertz CT molecular complexity index is 404. The van der Waals surface area contributed by atoms with Gasteiger partial charge in [0.2, 0.25) is 11.9 Å². The highest BCUT2D eigenvalue weighted by Crippen LogP contribution is 2.21. The lowest BCUT2D eigenvalue weighted by Gasteiger charge is -2.09. The van der Waals surface area contributed by atoms with Gasteiger partial charge in [-0.05, 0) is 0 Å². The molecule has 0 aromatic carbocycles. The van der Waals surface area contributed by atoms with Gasteiger partial charge in [0, 0.05) is 18.9 Å². The molecule has 1 amide bonds. The first-order chi connectivity index (χ1) is 6.70. The van der Waals surface area contributed by atoms with Gasteiger partial charge in [-0.15, -0.1) is 17.4 Å². The number of amides is 1. The zero-order valence-corrected chi connectivity index (χ0v) is 7.40. The molecule has 6 heteroatoms. The van der Waals surface area contributed by atoms with Gasteiger partial charge in [-0.2, -0.15) is 4.98 Å². The third-order valence-electron chi connectivity index (χ3n) is 2.09. The average molecular weight is 191 g/mol. The van der Waals surface area contributed by atoms with E-state index >= 15 is 0 Å². The minimum absolute atomic E-state index is 0.0535. The van der Waals surface area contributed by atoms with Crippen LogP contribution in [0.1, 0.15) is 6.42 Å². The van der Waals surface area contributed by atoms with E-state index in [-0.39, 0.29) is 17.8 Å². The van der Waals surface area contributed by atoms with Gasteiger partial charge < -0.3 is 5.73 Å². The molecule has 1 saturated heterocycles. The molecule has 1 atom stereocenters. The van der Waals surface area contributed by atoms with E-state index < -0.39 is 0 Å². The summed E-state index contributed by atoms with van der Waals surface area (Å²) in [5.41, 5.74) is 5.35. The molecule has 1 unspecified atom stereocenters. The number of H-pyrrole nitrogens is 1. The van der Waals surface area contributed by atoms with Crippen LogP contribution in [0.4, 0.5) is 11.9 Å². The van der Waals surface area contributed by atoms with E-state index in [4.69, 9.17) is 12.2 Å². The fraction of sp³-hybridized carbons (Fsp3) is 0.375. The Morgan fingerprint density at radius 3 is 3.00 bits per heavy atom. The van der Waals surface area contributed by atoms with Crippen molar-refractivity contribution in [3.8, 4) is 12.3 Å². The van der Waals surface area contributed by atoms with Gasteiger partial charge in [-0.1, -0.05) is 0 Å². The van der Waals surface area contributed by atoms with Crippen LogP contribution >= 0.6 is 0 Å². The van der Waals surface area contributed by atoms with Crippen molar-refractivity contribution in [3.05, 3.63) is 0 Å². The Labute approximate surface area is 80.5 Å². The standard InChI is InChI=1S/C8H9N5O/c1-2-5-3-6(14)13(4-5)8-10-7(9)11-12-8/h1,5H,3-4H2,(H3,9,10,11,12). The van der Waals surface area contributed by atoms with Crippen LogP contribution in [-0.4, -0.2) is 27.6 Å². The number of hydrogen-bond donors (Lipinski definition) is 2. The maximum Gasteiger partial charge on any atom is 0.253 e. The monoisotopic (exact) mass is 191 g/mol. The molecule has 6 nitrogen and oxygen atoms in total.